The molecular formula is C36H58O8. The summed E-state index contributed by atoms with van der Waals surface area (Å²) < 4.78 is 20.3. The number of ether oxygens (including phenoxy) is 4. The summed E-state index contributed by atoms with van der Waals surface area (Å²) in [6.07, 6.45) is 9.53. The number of benzene rings is 1. The summed E-state index contributed by atoms with van der Waals surface area (Å²) in [5, 5.41) is 0. The van der Waals surface area contributed by atoms with Crippen LogP contribution in [0.4, 0.5) is 0 Å². The lowest BCUT2D eigenvalue weighted by molar-refractivity contribution is -0.154. The van der Waals surface area contributed by atoms with E-state index in [1.54, 1.807) is 38.1 Å². The summed E-state index contributed by atoms with van der Waals surface area (Å²) in [6, 6.07) is 6.44. The summed E-state index contributed by atoms with van der Waals surface area (Å²) in [6.45, 7) is 20.6. The van der Waals surface area contributed by atoms with Crippen molar-refractivity contribution < 1.29 is 38.1 Å². The Bertz CT molecular complexity index is 1000. The highest BCUT2D eigenvalue weighted by atomic mass is 16.6. The van der Waals surface area contributed by atoms with Gasteiger partial charge in [-0.2, -0.15) is 0 Å². The third-order valence-electron chi connectivity index (χ3n) is 8.28. The van der Waals surface area contributed by atoms with Gasteiger partial charge in [-0.25, -0.2) is 9.59 Å². The molecule has 0 bridgehead atoms. The van der Waals surface area contributed by atoms with Gasteiger partial charge in [0.1, 0.15) is 12.2 Å². The molecule has 2 unspecified atom stereocenters. The highest BCUT2D eigenvalue weighted by molar-refractivity contribution is 6.03. The SMILES string of the molecule is CC(=O)OC1CCC(C(C)(C)C)CC1.CC(=O)OC1CCCCC1C(C)(C)C.CCOC(=O)c1ccccc1C(=O)OCC. The van der Waals surface area contributed by atoms with Crippen molar-refractivity contribution >= 4 is 23.9 Å². The molecule has 0 aliphatic heterocycles. The molecule has 2 aliphatic carbocycles. The lowest BCUT2D eigenvalue weighted by atomic mass is 9.71. The van der Waals surface area contributed by atoms with Gasteiger partial charge < -0.3 is 18.9 Å². The molecule has 2 aliphatic rings. The largest absolute Gasteiger partial charge is 0.463 e. The van der Waals surface area contributed by atoms with Crippen molar-refractivity contribution in [1.29, 1.82) is 0 Å². The minimum Gasteiger partial charge on any atom is -0.463 e. The first kappa shape index (κ1) is 39.1. The smallest absolute Gasteiger partial charge is 0.338 e. The number of esters is 4. The van der Waals surface area contributed by atoms with Crippen molar-refractivity contribution in [2.45, 2.75) is 133 Å². The number of carbonyl (C=O) groups excluding carboxylic acids is 4. The van der Waals surface area contributed by atoms with Gasteiger partial charge in [0.15, 0.2) is 0 Å². The van der Waals surface area contributed by atoms with E-state index in [2.05, 4.69) is 41.5 Å². The average molecular weight is 619 g/mol. The van der Waals surface area contributed by atoms with E-state index in [1.165, 1.54) is 46.0 Å². The van der Waals surface area contributed by atoms with Crippen LogP contribution in [0.2, 0.25) is 0 Å². The van der Waals surface area contributed by atoms with Crippen LogP contribution in [0.25, 0.3) is 0 Å². The molecule has 0 amide bonds. The van der Waals surface area contributed by atoms with Gasteiger partial charge >= 0.3 is 23.9 Å². The third-order valence-corrected chi connectivity index (χ3v) is 8.28. The number of hydrogen-bond acceptors (Lipinski definition) is 8. The van der Waals surface area contributed by atoms with Crippen LogP contribution in [0.5, 0.6) is 0 Å². The predicted octanol–water partition coefficient (Wildman–Crippen LogP) is 8.35. The monoisotopic (exact) mass is 618 g/mol. The van der Waals surface area contributed by atoms with E-state index in [0.29, 0.717) is 11.3 Å². The van der Waals surface area contributed by atoms with E-state index in [0.717, 1.165) is 25.2 Å². The first-order chi connectivity index (χ1) is 20.5. The van der Waals surface area contributed by atoms with Crippen molar-refractivity contribution in [2.75, 3.05) is 13.2 Å². The first-order valence-electron chi connectivity index (χ1n) is 16.3. The quantitative estimate of drug-likeness (QED) is 0.231. The van der Waals surface area contributed by atoms with Crippen LogP contribution in [0.3, 0.4) is 0 Å². The molecule has 0 aromatic heterocycles. The molecule has 8 heteroatoms. The zero-order chi connectivity index (χ0) is 33.5. The Morgan fingerprint density at radius 1 is 0.659 bits per heavy atom. The zero-order valence-corrected chi connectivity index (χ0v) is 29.0. The summed E-state index contributed by atoms with van der Waals surface area (Å²) in [5.74, 6) is 0.0297. The molecular weight excluding hydrogens is 560 g/mol. The molecule has 8 nitrogen and oxygen atoms in total. The number of carbonyl (C=O) groups is 4. The lowest BCUT2D eigenvalue weighted by Gasteiger charge is -2.39. The Morgan fingerprint density at radius 3 is 1.50 bits per heavy atom. The molecule has 1 aromatic rings. The highest BCUT2D eigenvalue weighted by Gasteiger charge is 2.36. The molecule has 1 aromatic carbocycles. The molecule has 0 N–H and O–H groups in total. The molecule has 2 saturated carbocycles. The van der Waals surface area contributed by atoms with Gasteiger partial charge in [-0.1, -0.05) is 60.1 Å². The Hall–Kier alpha value is -2.90. The second-order valence-electron chi connectivity index (χ2n) is 13.8. The molecule has 2 fully saturated rings. The van der Waals surface area contributed by atoms with Crippen LogP contribution in [-0.4, -0.2) is 49.3 Å². The molecule has 2 atom stereocenters. The second-order valence-corrected chi connectivity index (χ2v) is 13.8. The van der Waals surface area contributed by atoms with Crippen LogP contribution >= 0.6 is 0 Å². The molecule has 44 heavy (non-hydrogen) atoms. The minimum absolute atomic E-state index is 0.133. The van der Waals surface area contributed by atoms with Crippen LogP contribution in [0.15, 0.2) is 24.3 Å². The van der Waals surface area contributed by atoms with Gasteiger partial charge in [0.25, 0.3) is 0 Å². The van der Waals surface area contributed by atoms with Crippen LogP contribution in [-0.2, 0) is 28.5 Å². The van der Waals surface area contributed by atoms with Gasteiger partial charge in [0.2, 0.25) is 0 Å². The third kappa shape index (κ3) is 14.3. The number of hydrogen-bond donors (Lipinski definition) is 0. The van der Waals surface area contributed by atoms with E-state index in [9.17, 15) is 19.2 Å². The molecule has 3 rings (SSSR count). The predicted molar refractivity (Wildman–Crippen MR) is 172 cm³/mol. The van der Waals surface area contributed by atoms with E-state index in [1.807, 2.05) is 0 Å². The molecule has 0 radical (unpaired) electrons. The van der Waals surface area contributed by atoms with Gasteiger partial charge in [0.05, 0.1) is 24.3 Å². The molecule has 0 spiro atoms. The van der Waals surface area contributed by atoms with Crippen LogP contribution in [0, 0.1) is 22.7 Å². The lowest BCUT2D eigenvalue weighted by Crippen LogP contribution is -2.37. The van der Waals surface area contributed by atoms with Crippen molar-refractivity contribution in [1.82, 2.24) is 0 Å². The fourth-order valence-corrected chi connectivity index (χ4v) is 5.98. The fraction of sp³-hybridized carbons (Fsp3) is 0.722. The van der Waals surface area contributed by atoms with Crippen LogP contribution in [0.1, 0.15) is 141 Å². The summed E-state index contributed by atoms with van der Waals surface area (Å²) in [5.41, 5.74) is 1.13. The van der Waals surface area contributed by atoms with Crippen LogP contribution < -0.4 is 0 Å². The van der Waals surface area contributed by atoms with Gasteiger partial charge in [0, 0.05) is 19.8 Å². The zero-order valence-electron chi connectivity index (χ0n) is 29.0. The minimum atomic E-state index is -0.508. The average Bonchev–Trinajstić information content (AvgIpc) is 2.93. The Labute approximate surface area is 265 Å². The van der Waals surface area contributed by atoms with E-state index < -0.39 is 11.9 Å². The van der Waals surface area contributed by atoms with E-state index >= 15 is 0 Å². The second kappa shape index (κ2) is 18.8. The van der Waals surface area contributed by atoms with Crippen molar-refractivity contribution in [2.24, 2.45) is 22.7 Å². The fourth-order valence-electron chi connectivity index (χ4n) is 5.98. The normalized spacial score (nSPS) is 21.7. The number of rotatable bonds is 6. The highest BCUT2D eigenvalue weighted by Crippen LogP contribution is 2.40. The van der Waals surface area contributed by atoms with E-state index in [4.69, 9.17) is 18.9 Å². The Kier molecular flexibility index (Phi) is 16.7. The maximum atomic E-state index is 11.5. The summed E-state index contributed by atoms with van der Waals surface area (Å²) in [7, 11) is 0. The Morgan fingerprint density at radius 2 is 1.11 bits per heavy atom. The Balaban J connectivity index is 0.000000331. The topological polar surface area (TPSA) is 105 Å². The van der Waals surface area contributed by atoms with Crippen molar-refractivity contribution in [3.63, 3.8) is 0 Å². The van der Waals surface area contributed by atoms with Gasteiger partial charge in [-0.3, -0.25) is 9.59 Å². The summed E-state index contributed by atoms with van der Waals surface area (Å²) in [4.78, 5) is 44.8. The first-order valence-corrected chi connectivity index (χ1v) is 16.3. The summed E-state index contributed by atoms with van der Waals surface area (Å²) >= 11 is 0. The maximum absolute atomic E-state index is 11.5. The standard InChI is InChI=1S/C12H14O4.2C12H22O2/c1-3-15-11(13)9-7-5-6-8-10(9)12(14)16-4-2;1-9(13)14-11-7-5-10(6-8-11)12(2,3)4;1-9(13)14-11-8-6-5-7-10(11)12(2,3)4/h5-8H,3-4H2,1-2H3;2*10-11H,5-8H2,1-4H3. The van der Waals surface area contributed by atoms with Crippen molar-refractivity contribution in [3.05, 3.63) is 35.4 Å². The van der Waals surface area contributed by atoms with E-state index in [-0.39, 0.29) is 53.9 Å². The van der Waals surface area contributed by atoms with Gasteiger partial charge in [-0.15, -0.1) is 0 Å². The molecule has 0 heterocycles. The van der Waals surface area contributed by atoms with Crippen molar-refractivity contribution in [3.8, 4) is 0 Å². The molecule has 250 valence electrons. The molecule has 0 saturated heterocycles. The van der Waals surface area contributed by atoms with Gasteiger partial charge in [-0.05, 0) is 87.7 Å². The maximum Gasteiger partial charge on any atom is 0.338 e.